The number of thioether (sulfide) groups is 1. The lowest BCUT2D eigenvalue weighted by Crippen LogP contribution is -2.49. The second-order valence-electron chi connectivity index (χ2n) is 9.04. The number of hydrogen-bond donors (Lipinski definition) is 3. The molecule has 214 valence electrons. The first kappa shape index (κ1) is 30.2. The van der Waals surface area contributed by atoms with Gasteiger partial charge in [0.1, 0.15) is 0 Å². The van der Waals surface area contributed by atoms with Crippen molar-refractivity contribution in [2.75, 3.05) is 71.3 Å². The van der Waals surface area contributed by atoms with Crippen molar-refractivity contribution in [3.8, 4) is 5.75 Å². The number of ether oxygens (including phenoxy) is 1. The number of nitrogens with one attached hydrogen (secondary N) is 2. The molecule has 12 nitrogen and oxygen atoms in total. The number of amidine groups is 2. The number of aliphatic imine (C=N–C) groups is 1. The van der Waals surface area contributed by atoms with E-state index >= 15 is 0 Å². The fourth-order valence-corrected chi connectivity index (χ4v) is 4.59. The Morgan fingerprint density at radius 2 is 1.69 bits per heavy atom. The number of nitrogens with two attached hydrogens (primary N) is 1. The molecule has 3 amide bonds. The van der Waals surface area contributed by atoms with Gasteiger partial charge in [0.15, 0.2) is 16.1 Å². The zero-order chi connectivity index (χ0) is 28.7. The van der Waals surface area contributed by atoms with Gasteiger partial charge in [-0.2, -0.15) is 4.99 Å². The Labute approximate surface area is 227 Å². The number of carbonyl (C=O) groups is 3. The molecule has 39 heavy (non-hydrogen) atoms. The van der Waals surface area contributed by atoms with Crippen molar-refractivity contribution in [2.45, 2.75) is 13.3 Å². The Balaban J connectivity index is 1.67. The van der Waals surface area contributed by atoms with Gasteiger partial charge in [-0.25, -0.2) is 0 Å². The molecule has 4 N–H and O–H groups in total. The molecule has 0 atom stereocenters. The average Bonchev–Trinajstić information content (AvgIpc) is 2.85. The summed E-state index contributed by atoms with van der Waals surface area (Å²) >= 11 is 0.745. The summed E-state index contributed by atoms with van der Waals surface area (Å²) in [6, 6.07) is 3.04. The largest absolute Gasteiger partial charge is 0.573 e. The summed E-state index contributed by atoms with van der Waals surface area (Å²) in [5, 5.41) is 10.4. The second-order valence-corrected chi connectivity index (χ2v) is 10.1. The van der Waals surface area contributed by atoms with Gasteiger partial charge >= 0.3 is 6.36 Å². The maximum Gasteiger partial charge on any atom is 0.573 e. The van der Waals surface area contributed by atoms with E-state index in [0.717, 1.165) is 43.1 Å². The van der Waals surface area contributed by atoms with Crippen LogP contribution in [0, 0.1) is 5.41 Å². The topological polar surface area (TPSA) is 148 Å². The molecule has 0 radical (unpaired) electrons. The number of alkyl halides is 3. The summed E-state index contributed by atoms with van der Waals surface area (Å²) in [5.41, 5.74) is 5.38. The van der Waals surface area contributed by atoms with Crippen LogP contribution in [-0.2, 0) is 9.59 Å². The molecule has 2 fully saturated rings. The number of nitrogens with zero attached hydrogens (tertiary/aromatic N) is 5. The molecule has 0 unspecified atom stereocenters. The summed E-state index contributed by atoms with van der Waals surface area (Å²) in [6.07, 6.45) is -5.02. The SMILES string of the molecule is CC(=O)N1CCN(C(=N)SC(N)=NC(=O)c2ccc(OC(F)(F)F)c(NC(=O)CN3CCN(C)CC3)c2)CC1. The predicted molar refractivity (Wildman–Crippen MR) is 141 cm³/mol. The first-order valence-electron chi connectivity index (χ1n) is 12.1. The molecule has 16 heteroatoms. The number of hydrogen-bond acceptors (Lipinski definition) is 8. The van der Waals surface area contributed by atoms with Crippen LogP contribution in [-0.4, -0.2) is 120 Å². The minimum absolute atomic E-state index is 0.0397. The van der Waals surface area contributed by atoms with Crippen LogP contribution in [0.4, 0.5) is 18.9 Å². The minimum atomic E-state index is -5.02. The van der Waals surface area contributed by atoms with E-state index in [9.17, 15) is 27.6 Å². The van der Waals surface area contributed by atoms with Gasteiger partial charge in [0.05, 0.1) is 12.2 Å². The molecule has 0 spiro atoms. The van der Waals surface area contributed by atoms with Crippen molar-refractivity contribution >= 4 is 45.5 Å². The van der Waals surface area contributed by atoms with E-state index in [0.29, 0.717) is 39.3 Å². The van der Waals surface area contributed by atoms with Crippen LogP contribution in [0.3, 0.4) is 0 Å². The van der Waals surface area contributed by atoms with E-state index in [1.165, 1.54) is 6.92 Å². The van der Waals surface area contributed by atoms with E-state index < -0.39 is 23.9 Å². The molecule has 1 aromatic carbocycles. The lowest BCUT2D eigenvalue weighted by molar-refractivity contribution is -0.274. The van der Waals surface area contributed by atoms with E-state index in [-0.39, 0.29) is 34.0 Å². The lowest BCUT2D eigenvalue weighted by Gasteiger charge is -2.35. The molecule has 2 aliphatic heterocycles. The first-order valence-corrected chi connectivity index (χ1v) is 12.9. The molecule has 3 rings (SSSR count). The average molecular weight is 573 g/mol. The summed E-state index contributed by atoms with van der Waals surface area (Å²) < 4.78 is 42.8. The van der Waals surface area contributed by atoms with Crippen LogP contribution >= 0.6 is 11.8 Å². The van der Waals surface area contributed by atoms with Crippen molar-refractivity contribution in [3.63, 3.8) is 0 Å². The molecule has 2 saturated heterocycles. The van der Waals surface area contributed by atoms with Crippen molar-refractivity contribution in [1.29, 1.82) is 5.41 Å². The maximum atomic E-state index is 12.9. The van der Waals surface area contributed by atoms with Crippen molar-refractivity contribution < 1.29 is 32.3 Å². The second kappa shape index (κ2) is 13.1. The number of amides is 3. The molecule has 2 aliphatic rings. The van der Waals surface area contributed by atoms with Gasteiger partial charge in [0, 0.05) is 64.8 Å². The van der Waals surface area contributed by atoms with Crippen LogP contribution in [0.1, 0.15) is 17.3 Å². The van der Waals surface area contributed by atoms with Gasteiger partial charge in [0.25, 0.3) is 5.91 Å². The number of rotatable bonds is 5. The van der Waals surface area contributed by atoms with E-state index in [1.54, 1.807) is 9.80 Å². The van der Waals surface area contributed by atoms with Gasteiger partial charge < -0.3 is 30.5 Å². The van der Waals surface area contributed by atoms with Crippen LogP contribution in [0.25, 0.3) is 0 Å². The predicted octanol–water partition coefficient (Wildman–Crippen LogP) is 1.06. The number of likely N-dealkylation sites (N-methyl/N-ethyl adjacent to an activating group) is 1. The highest BCUT2D eigenvalue weighted by Crippen LogP contribution is 2.31. The fraction of sp³-hybridized carbons (Fsp3) is 0.522. The van der Waals surface area contributed by atoms with Crippen LogP contribution in [0.2, 0.25) is 0 Å². The molecule has 2 heterocycles. The minimum Gasteiger partial charge on any atom is -0.404 e. The number of anilines is 1. The third-order valence-corrected chi connectivity index (χ3v) is 6.87. The Bertz CT molecular complexity index is 1120. The molecule has 0 aliphatic carbocycles. The van der Waals surface area contributed by atoms with Crippen molar-refractivity contribution in [1.82, 2.24) is 19.6 Å². The zero-order valence-corrected chi connectivity index (χ0v) is 22.4. The van der Waals surface area contributed by atoms with E-state index in [2.05, 4.69) is 19.9 Å². The number of carbonyl (C=O) groups excluding carboxylic acids is 3. The normalized spacial score (nSPS) is 17.6. The molecule has 1 aromatic rings. The molecule has 0 saturated carbocycles. The standard InChI is InChI=1S/C23H31F3N8O4S/c1-15(35)33-9-11-34(12-10-33)22(28)39-21(27)30-20(37)16-3-4-18(38-23(24,25)26)17(13-16)29-19(36)14-32-7-5-31(2)6-8-32/h3-4,13,28H,5-12,14H2,1-2H3,(H,29,36)(H2,27,30,37). The van der Waals surface area contributed by atoms with Crippen molar-refractivity contribution in [2.24, 2.45) is 10.7 Å². The third-order valence-electron chi connectivity index (χ3n) is 6.11. The Kier molecular flexibility index (Phi) is 10.2. The zero-order valence-electron chi connectivity index (χ0n) is 21.6. The monoisotopic (exact) mass is 572 g/mol. The number of piperazine rings is 2. The molecular formula is C23H31F3N8O4S. The van der Waals surface area contributed by atoms with Gasteiger partial charge in [-0.3, -0.25) is 24.7 Å². The molecular weight excluding hydrogens is 541 g/mol. The highest BCUT2D eigenvalue weighted by molar-refractivity contribution is 8.26. The van der Waals surface area contributed by atoms with Crippen LogP contribution in [0.5, 0.6) is 5.75 Å². The first-order chi connectivity index (χ1) is 18.3. The fourth-order valence-electron chi connectivity index (χ4n) is 3.95. The van der Waals surface area contributed by atoms with E-state index in [1.807, 2.05) is 11.9 Å². The molecule has 0 bridgehead atoms. The molecule has 0 aromatic heterocycles. The summed E-state index contributed by atoms with van der Waals surface area (Å²) in [6.45, 7) is 5.93. The summed E-state index contributed by atoms with van der Waals surface area (Å²) in [4.78, 5) is 47.8. The van der Waals surface area contributed by atoms with Gasteiger partial charge in [-0.05, 0) is 37.0 Å². The van der Waals surface area contributed by atoms with Crippen molar-refractivity contribution in [3.05, 3.63) is 23.8 Å². The third kappa shape index (κ3) is 9.40. The van der Waals surface area contributed by atoms with Gasteiger partial charge in [-0.15, -0.1) is 13.2 Å². The quantitative estimate of drug-likeness (QED) is 0.348. The highest BCUT2D eigenvalue weighted by atomic mass is 32.2. The van der Waals surface area contributed by atoms with Crippen LogP contribution < -0.4 is 15.8 Å². The van der Waals surface area contributed by atoms with E-state index in [4.69, 9.17) is 11.1 Å². The smallest absolute Gasteiger partial charge is 0.404 e. The lowest BCUT2D eigenvalue weighted by atomic mass is 10.1. The van der Waals surface area contributed by atoms with Gasteiger partial charge in [-0.1, -0.05) is 0 Å². The Morgan fingerprint density at radius 1 is 1.08 bits per heavy atom. The Morgan fingerprint density at radius 3 is 2.28 bits per heavy atom. The Hall–Kier alpha value is -3.37. The summed E-state index contributed by atoms with van der Waals surface area (Å²) in [5.74, 6) is -2.17. The van der Waals surface area contributed by atoms with Gasteiger partial charge in [0.2, 0.25) is 11.8 Å². The number of benzene rings is 1. The summed E-state index contributed by atoms with van der Waals surface area (Å²) in [7, 11) is 1.95. The highest BCUT2D eigenvalue weighted by Gasteiger charge is 2.33. The van der Waals surface area contributed by atoms with Crippen LogP contribution in [0.15, 0.2) is 23.2 Å². The number of halogens is 3. The maximum absolute atomic E-state index is 12.9.